The van der Waals surface area contributed by atoms with Crippen molar-refractivity contribution in [2.24, 2.45) is 0 Å². The van der Waals surface area contributed by atoms with Gasteiger partial charge in [0.2, 0.25) is 5.91 Å². The van der Waals surface area contributed by atoms with Crippen molar-refractivity contribution in [3.63, 3.8) is 0 Å². The predicted molar refractivity (Wildman–Crippen MR) is 106 cm³/mol. The van der Waals surface area contributed by atoms with E-state index in [-0.39, 0.29) is 5.91 Å². The highest BCUT2D eigenvalue weighted by Crippen LogP contribution is 2.31. The van der Waals surface area contributed by atoms with Gasteiger partial charge in [0.05, 0.1) is 5.75 Å². The molecule has 134 valence electrons. The molecule has 1 aliphatic rings. The summed E-state index contributed by atoms with van der Waals surface area (Å²) < 4.78 is 0. The Labute approximate surface area is 157 Å². The summed E-state index contributed by atoms with van der Waals surface area (Å²) in [7, 11) is 0. The van der Waals surface area contributed by atoms with E-state index in [1.165, 1.54) is 47.9 Å². The van der Waals surface area contributed by atoms with Crippen molar-refractivity contribution in [2.75, 3.05) is 12.3 Å². The SMILES string of the molecule is CCc1cc2c(SCC(=O)NCCC3=CCCCC3)nc(C)nc2s1. The highest BCUT2D eigenvalue weighted by Gasteiger charge is 2.12. The molecule has 3 rings (SSSR count). The largest absolute Gasteiger partial charge is 0.355 e. The van der Waals surface area contributed by atoms with Crippen LogP contribution in [0.3, 0.4) is 0 Å². The van der Waals surface area contributed by atoms with Crippen molar-refractivity contribution in [1.82, 2.24) is 15.3 Å². The van der Waals surface area contributed by atoms with E-state index in [4.69, 9.17) is 0 Å². The molecule has 2 heterocycles. The number of carbonyl (C=O) groups excluding carboxylic acids is 1. The minimum atomic E-state index is 0.0803. The highest BCUT2D eigenvalue weighted by atomic mass is 32.2. The van der Waals surface area contributed by atoms with Crippen LogP contribution in [0, 0.1) is 6.92 Å². The summed E-state index contributed by atoms with van der Waals surface area (Å²) in [6, 6.07) is 2.16. The third-order valence-electron chi connectivity index (χ3n) is 4.36. The molecule has 2 aromatic rings. The van der Waals surface area contributed by atoms with E-state index < -0.39 is 0 Å². The van der Waals surface area contributed by atoms with E-state index in [0.29, 0.717) is 5.75 Å². The quantitative estimate of drug-likeness (QED) is 0.434. The van der Waals surface area contributed by atoms with Crippen molar-refractivity contribution >= 4 is 39.2 Å². The lowest BCUT2D eigenvalue weighted by atomic mass is 9.97. The summed E-state index contributed by atoms with van der Waals surface area (Å²) in [4.78, 5) is 23.5. The minimum absolute atomic E-state index is 0.0803. The first-order valence-corrected chi connectivity index (χ1v) is 10.8. The van der Waals surface area contributed by atoms with Crippen LogP contribution < -0.4 is 5.32 Å². The fourth-order valence-electron chi connectivity index (χ4n) is 3.01. The fourth-order valence-corrected chi connectivity index (χ4v) is 4.97. The molecule has 0 aromatic carbocycles. The number of rotatable bonds is 7. The lowest BCUT2D eigenvalue weighted by molar-refractivity contribution is -0.118. The summed E-state index contributed by atoms with van der Waals surface area (Å²) in [6.45, 7) is 4.79. The molecular weight excluding hydrogens is 350 g/mol. The van der Waals surface area contributed by atoms with E-state index in [2.05, 4.69) is 34.4 Å². The third kappa shape index (κ3) is 5.05. The van der Waals surface area contributed by atoms with Crippen LogP contribution >= 0.6 is 23.1 Å². The molecule has 0 saturated heterocycles. The van der Waals surface area contributed by atoms with Gasteiger partial charge < -0.3 is 5.32 Å². The zero-order chi connectivity index (χ0) is 17.6. The van der Waals surface area contributed by atoms with Crippen LogP contribution in [0.15, 0.2) is 22.7 Å². The molecule has 0 fully saturated rings. The first kappa shape index (κ1) is 18.4. The van der Waals surface area contributed by atoms with Gasteiger partial charge in [0.15, 0.2) is 0 Å². The number of aryl methyl sites for hydroxylation is 2. The molecule has 0 atom stereocenters. The zero-order valence-electron chi connectivity index (χ0n) is 14.9. The van der Waals surface area contributed by atoms with Gasteiger partial charge in [-0.3, -0.25) is 4.79 Å². The molecule has 6 heteroatoms. The average Bonchev–Trinajstić information content (AvgIpc) is 3.03. The first-order chi connectivity index (χ1) is 12.2. The predicted octanol–water partition coefficient (Wildman–Crippen LogP) is 4.66. The Morgan fingerprint density at radius 2 is 2.24 bits per heavy atom. The molecule has 2 aromatic heterocycles. The minimum Gasteiger partial charge on any atom is -0.355 e. The molecule has 4 nitrogen and oxygen atoms in total. The van der Waals surface area contributed by atoms with Crippen LogP contribution in [0.1, 0.15) is 49.7 Å². The van der Waals surface area contributed by atoms with Gasteiger partial charge in [-0.15, -0.1) is 11.3 Å². The molecule has 0 bridgehead atoms. The van der Waals surface area contributed by atoms with E-state index in [0.717, 1.165) is 40.5 Å². The molecule has 25 heavy (non-hydrogen) atoms. The number of aromatic nitrogens is 2. The first-order valence-electron chi connectivity index (χ1n) is 9.00. The maximum atomic E-state index is 12.1. The van der Waals surface area contributed by atoms with E-state index in [1.807, 2.05) is 6.92 Å². The fraction of sp³-hybridized carbons (Fsp3) is 0.526. The van der Waals surface area contributed by atoms with Gasteiger partial charge in [-0.05, 0) is 51.5 Å². The molecule has 1 N–H and O–H groups in total. The number of hydrogen-bond donors (Lipinski definition) is 1. The second-order valence-corrected chi connectivity index (χ2v) is 8.44. The maximum absolute atomic E-state index is 12.1. The third-order valence-corrected chi connectivity index (χ3v) is 6.53. The highest BCUT2D eigenvalue weighted by molar-refractivity contribution is 8.00. The van der Waals surface area contributed by atoms with Crippen LogP contribution in [0.4, 0.5) is 0 Å². The second-order valence-electron chi connectivity index (χ2n) is 6.36. The number of hydrogen-bond acceptors (Lipinski definition) is 5. The Kier molecular flexibility index (Phi) is 6.48. The molecule has 0 unspecified atom stereocenters. The standard InChI is InChI=1S/C19H25N3OS2/c1-3-15-11-16-18(21-13(2)22-19(16)25-15)24-12-17(23)20-10-9-14-7-5-4-6-8-14/h7,11H,3-6,8-10,12H2,1-2H3,(H,20,23). The van der Waals surface area contributed by atoms with Crippen molar-refractivity contribution in [3.8, 4) is 0 Å². The number of carbonyl (C=O) groups is 1. The Balaban J connectivity index is 1.54. The zero-order valence-corrected chi connectivity index (χ0v) is 16.6. The topological polar surface area (TPSA) is 54.9 Å². The molecule has 0 radical (unpaired) electrons. The van der Waals surface area contributed by atoms with Crippen molar-refractivity contribution in [1.29, 1.82) is 0 Å². The van der Waals surface area contributed by atoms with Crippen molar-refractivity contribution in [3.05, 3.63) is 28.4 Å². The molecule has 0 saturated carbocycles. The van der Waals surface area contributed by atoms with Crippen LogP contribution in [0.5, 0.6) is 0 Å². The average molecular weight is 376 g/mol. The van der Waals surface area contributed by atoms with Crippen LogP contribution in [-0.4, -0.2) is 28.2 Å². The molecule has 1 amide bonds. The number of fused-ring (bicyclic) bond motifs is 1. The van der Waals surface area contributed by atoms with Crippen molar-refractivity contribution < 1.29 is 4.79 Å². The van der Waals surface area contributed by atoms with Gasteiger partial charge >= 0.3 is 0 Å². The summed E-state index contributed by atoms with van der Waals surface area (Å²) in [5.41, 5.74) is 1.50. The van der Waals surface area contributed by atoms with Crippen LogP contribution in [-0.2, 0) is 11.2 Å². The van der Waals surface area contributed by atoms with Gasteiger partial charge in [-0.25, -0.2) is 9.97 Å². The molecule has 1 aliphatic carbocycles. The smallest absolute Gasteiger partial charge is 0.230 e. The monoisotopic (exact) mass is 375 g/mol. The normalized spacial score (nSPS) is 14.6. The summed E-state index contributed by atoms with van der Waals surface area (Å²) in [5, 5.41) is 5.04. The Hall–Kier alpha value is -1.40. The number of amides is 1. The maximum Gasteiger partial charge on any atom is 0.230 e. The molecule has 0 spiro atoms. The summed E-state index contributed by atoms with van der Waals surface area (Å²) >= 11 is 3.23. The number of thioether (sulfide) groups is 1. The van der Waals surface area contributed by atoms with Crippen LogP contribution in [0.25, 0.3) is 10.2 Å². The Morgan fingerprint density at radius 3 is 3.00 bits per heavy atom. The lowest BCUT2D eigenvalue weighted by Gasteiger charge is -2.12. The number of thiophene rings is 1. The van der Waals surface area contributed by atoms with Crippen LogP contribution in [0.2, 0.25) is 0 Å². The summed E-state index contributed by atoms with van der Waals surface area (Å²) in [5.74, 6) is 1.25. The number of nitrogens with zero attached hydrogens (tertiary/aromatic N) is 2. The van der Waals surface area contributed by atoms with Gasteiger partial charge in [0.1, 0.15) is 15.7 Å². The second kappa shape index (κ2) is 8.81. The van der Waals surface area contributed by atoms with Crippen molar-refractivity contribution in [2.45, 2.75) is 57.4 Å². The van der Waals surface area contributed by atoms with E-state index in [1.54, 1.807) is 11.3 Å². The number of nitrogens with one attached hydrogen (secondary N) is 1. The Morgan fingerprint density at radius 1 is 1.36 bits per heavy atom. The van der Waals surface area contributed by atoms with Gasteiger partial charge in [0.25, 0.3) is 0 Å². The molecular formula is C19H25N3OS2. The number of allylic oxidation sites excluding steroid dienone is 1. The summed E-state index contributed by atoms with van der Waals surface area (Å²) in [6.07, 6.45) is 9.31. The lowest BCUT2D eigenvalue weighted by Crippen LogP contribution is -2.26. The van der Waals surface area contributed by atoms with E-state index >= 15 is 0 Å². The van der Waals surface area contributed by atoms with Gasteiger partial charge in [-0.2, -0.15) is 0 Å². The van der Waals surface area contributed by atoms with Gasteiger partial charge in [-0.1, -0.05) is 30.3 Å². The van der Waals surface area contributed by atoms with Gasteiger partial charge in [0, 0.05) is 16.8 Å². The van der Waals surface area contributed by atoms with E-state index in [9.17, 15) is 4.79 Å². The molecule has 0 aliphatic heterocycles. The Bertz CT molecular complexity index is 782.